The van der Waals surface area contributed by atoms with Gasteiger partial charge in [0.2, 0.25) is 5.91 Å². The van der Waals surface area contributed by atoms with Gasteiger partial charge in [-0.1, -0.05) is 15.9 Å². The Morgan fingerprint density at radius 2 is 2.13 bits per heavy atom. The molecule has 4 atom stereocenters. The van der Waals surface area contributed by atoms with E-state index in [1.165, 1.54) is 23.8 Å². The SMILES string of the molecule is CCOC(=O)C(=O)NC1C(=O)N2C(C(=O)OC)C(C)(Br)CS[C@@H]12. The van der Waals surface area contributed by atoms with Gasteiger partial charge in [-0.15, -0.1) is 11.8 Å². The number of fused-ring (bicyclic) bond motifs is 1. The van der Waals surface area contributed by atoms with Crippen LogP contribution in [-0.4, -0.2) is 69.9 Å². The number of esters is 2. The zero-order valence-corrected chi connectivity index (χ0v) is 15.2. The van der Waals surface area contributed by atoms with Crippen molar-refractivity contribution in [2.24, 2.45) is 0 Å². The van der Waals surface area contributed by atoms with Crippen molar-refractivity contribution in [1.29, 1.82) is 0 Å². The molecule has 3 unspecified atom stereocenters. The summed E-state index contributed by atoms with van der Waals surface area (Å²) in [5.74, 6) is -2.42. The highest BCUT2D eigenvalue weighted by molar-refractivity contribution is 9.10. The van der Waals surface area contributed by atoms with Crippen LogP contribution < -0.4 is 5.32 Å². The number of ether oxygens (including phenoxy) is 2. The van der Waals surface area contributed by atoms with Crippen molar-refractivity contribution in [2.75, 3.05) is 19.5 Å². The summed E-state index contributed by atoms with van der Waals surface area (Å²) < 4.78 is 8.74. The van der Waals surface area contributed by atoms with Gasteiger partial charge in [0.15, 0.2) is 0 Å². The third-order valence-electron chi connectivity index (χ3n) is 3.64. The number of thioether (sulfide) groups is 1. The van der Waals surface area contributed by atoms with Crippen LogP contribution in [0.2, 0.25) is 0 Å². The molecule has 0 aromatic rings. The minimum atomic E-state index is -1.03. The largest absolute Gasteiger partial charge is 0.467 e. The minimum absolute atomic E-state index is 0.0710. The minimum Gasteiger partial charge on any atom is -0.467 e. The topological polar surface area (TPSA) is 102 Å². The fourth-order valence-electron chi connectivity index (χ4n) is 2.56. The fraction of sp³-hybridized carbons (Fsp3) is 0.692. The summed E-state index contributed by atoms with van der Waals surface area (Å²) in [5, 5.41) is 1.94. The van der Waals surface area contributed by atoms with Crippen molar-refractivity contribution in [2.45, 2.75) is 35.6 Å². The number of β-lactam (4-membered cyclic amide) rings is 1. The Labute approximate surface area is 145 Å². The maximum atomic E-state index is 12.3. The molecule has 8 nitrogen and oxygen atoms in total. The van der Waals surface area contributed by atoms with Gasteiger partial charge in [-0.05, 0) is 13.8 Å². The number of rotatable bonds is 3. The molecule has 2 amide bonds. The van der Waals surface area contributed by atoms with Crippen LogP contribution >= 0.6 is 27.7 Å². The van der Waals surface area contributed by atoms with Gasteiger partial charge < -0.3 is 19.7 Å². The summed E-state index contributed by atoms with van der Waals surface area (Å²) in [6.07, 6.45) is 0. The van der Waals surface area contributed by atoms with E-state index in [1.54, 1.807) is 13.8 Å². The monoisotopic (exact) mass is 408 g/mol. The van der Waals surface area contributed by atoms with E-state index in [2.05, 4.69) is 26.0 Å². The standard InChI is InChI=1S/C13H17BrN2O6S/c1-4-22-12(20)8(17)15-6-9(18)16-7(11(19)21-3)13(2,14)5-23-10(6)16/h6-7,10H,4-5H2,1-3H3,(H,15,17)/t6?,7?,10-,13?/m0/s1. The molecule has 0 aliphatic carbocycles. The maximum Gasteiger partial charge on any atom is 0.396 e. The predicted octanol–water partition coefficient (Wildman–Crippen LogP) is -0.355. The molecule has 2 rings (SSSR count). The van der Waals surface area contributed by atoms with Crippen LogP contribution in [0.4, 0.5) is 0 Å². The highest BCUT2D eigenvalue weighted by Crippen LogP contribution is 2.46. The number of hydrogen-bond donors (Lipinski definition) is 1. The molecule has 0 bridgehead atoms. The Balaban J connectivity index is 2.11. The van der Waals surface area contributed by atoms with Gasteiger partial charge >= 0.3 is 17.8 Å². The fourth-order valence-corrected chi connectivity index (χ4v) is 4.78. The van der Waals surface area contributed by atoms with Crippen LogP contribution in [0.15, 0.2) is 0 Å². The van der Waals surface area contributed by atoms with E-state index in [1.807, 2.05) is 0 Å². The van der Waals surface area contributed by atoms with E-state index in [0.29, 0.717) is 5.75 Å². The number of carbonyl (C=O) groups is 4. The molecule has 0 aromatic carbocycles. The Kier molecular flexibility index (Phi) is 5.24. The van der Waals surface area contributed by atoms with Gasteiger partial charge in [-0.2, -0.15) is 0 Å². The number of amides is 2. The zero-order valence-electron chi connectivity index (χ0n) is 12.8. The third-order valence-corrected chi connectivity index (χ3v) is 6.33. The summed E-state index contributed by atoms with van der Waals surface area (Å²) in [6.45, 7) is 3.45. The second-order valence-electron chi connectivity index (χ2n) is 5.32. The molecule has 10 heteroatoms. The Morgan fingerprint density at radius 1 is 1.48 bits per heavy atom. The van der Waals surface area contributed by atoms with Crippen LogP contribution in [0, 0.1) is 0 Å². The maximum absolute atomic E-state index is 12.3. The first-order valence-electron chi connectivity index (χ1n) is 6.92. The predicted molar refractivity (Wildman–Crippen MR) is 84.8 cm³/mol. The molecular weight excluding hydrogens is 392 g/mol. The van der Waals surface area contributed by atoms with Crippen LogP contribution in [-0.2, 0) is 28.7 Å². The summed E-state index contributed by atoms with van der Waals surface area (Å²) in [7, 11) is 1.26. The highest BCUT2D eigenvalue weighted by Gasteiger charge is 2.61. The summed E-state index contributed by atoms with van der Waals surface area (Å²) in [5.41, 5.74) is 0. The van der Waals surface area contributed by atoms with E-state index >= 15 is 0 Å². The van der Waals surface area contributed by atoms with E-state index in [-0.39, 0.29) is 6.61 Å². The van der Waals surface area contributed by atoms with Gasteiger partial charge in [0, 0.05) is 5.75 Å². The third kappa shape index (κ3) is 3.18. The summed E-state index contributed by atoms with van der Waals surface area (Å²) in [4.78, 5) is 48.8. The van der Waals surface area contributed by atoms with Crippen LogP contribution in [0.5, 0.6) is 0 Å². The number of nitrogens with one attached hydrogen (secondary N) is 1. The van der Waals surface area contributed by atoms with Gasteiger partial charge in [0.25, 0.3) is 0 Å². The van der Waals surface area contributed by atoms with E-state index < -0.39 is 45.5 Å². The quantitative estimate of drug-likeness (QED) is 0.294. The van der Waals surface area contributed by atoms with Crippen molar-refractivity contribution in [1.82, 2.24) is 10.2 Å². The molecule has 0 spiro atoms. The highest BCUT2D eigenvalue weighted by atomic mass is 79.9. The molecular formula is C13H17BrN2O6S. The van der Waals surface area contributed by atoms with Crippen molar-refractivity contribution < 1.29 is 28.7 Å². The molecule has 128 valence electrons. The molecule has 0 radical (unpaired) electrons. The van der Waals surface area contributed by atoms with E-state index in [9.17, 15) is 19.2 Å². The van der Waals surface area contributed by atoms with E-state index in [4.69, 9.17) is 4.74 Å². The average molecular weight is 409 g/mol. The van der Waals surface area contributed by atoms with Crippen LogP contribution in [0.3, 0.4) is 0 Å². The van der Waals surface area contributed by atoms with Gasteiger partial charge in [0.05, 0.1) is 18.0 Å². The molecule has 0 saturated carbocycles. The smallest absolute Gasteiger partial charge is 0.396 e. The normalized spacial score (nSPS) is 32.4. The molecule has 0 aromatic heterocycles. The first kappa shape index (κ1) is 18.1. The van der Waals surface area contributed by atoms with Crippen molar-refractivity contribution in [3.05, 3.63) is 0 Å². The summed E-state index contributed by atoms with van der Waals surface area (Å²) in [6, 6.07) is -1.64. The lowest BCUT2D eigenvalue weighted by Gasteiger charge is -2.56. The van der Waals surface area contributed by atoms with Crippen LogP contribution in [0.25, 0.3) is 0 Å². The number of nitrogens with zero attached hydrogens (tertiary/aromatic N) is 1. The average Bonchev–Trinajstić information content (AvgIpc) is 2.51. The molecule has 2 fully saturated rings. The van der Waals surface area contributed by atoms with Gasteiger partial charge in [-0.3, -0.25) is 9.59 Å². The van der Waals surface area contributed by atoms with Gasteiger partial charge in [-0.25, -0.2) is 9.59 Å². The van der Waals surface area contributed by atoms with Crippen LogP contribution in [0.1, 0.15) is 13.8 Å². The molecule has 1 N–H and O–H groups in total. The number of halogens is 1. The van der Waals surface area contributed by atoms with Gasteiger partial charge in [0.1, 0.15) is 17.5 Å². The lowest BCUT2D eigenvalue weighted by Crippen LogP contribution is -2.78. The molecule has 2 heterocycles. The molecule has 23 heavy (non-hydrogen) atoms. The second-order valence-corrected chi connectivity index (χ2v) is 8.24. The Hall–Kier alpha value is -1.29. The second kappa shape index (κ2) is 6.68. The number of carbonyl (C=O) groups excluding carboxylic acids is 4. The first-order chi connectivity index (χ1) is 10.7. The molecule has 2 saturated heterocycles. The lowest BCUT2D eigenvalue weighted by molar-refractivity contribution is -0.167. The van der Waals surface area contributed by atoms with Crippen molar-refractivity contribution >= 4 is 51.4 Å². The lowest BCUT2D eigenvalue weighted by atomic mass is 9.94. The number of methoxy groups -OCH3 is 1. The van der Waals surface area contributed by atoms with Crippen molar-refractivity contribution in [3.63, 3.8) is 0 Å². The Bertz CT molecular complexity index is 555. The number of hydrogen-bond acceptors (Lipinski definition) is 7. The summed E-state index contributed by atoms with van der Waals surface area (Å²) >= 11 is 4.88. The van der Waals surface area contributed by atoms with E-state index in [0.717, 1.165) is 0 Å². The molecule has 2 aliphatic heterocycles. The zero-order chi connectivity index (χ0) is 17.4. The van der Waals surface area contributed by atoms with Crippen molar-refractivity contribution in [3.8, 4) is 0 Å². The number of alkyl halides is 1. The first-order valence-corrected chi connectivity index (χ1v) is 8.77. The molecule has 2 aliphatic rings. The Morgan fingerprint density at radius 3 is 2.70 bits per heavy atom.